The molecule has 0 unspecified atom stereocenters. The van der Waals surface area contributed by atoms with E-state index in [2.05, 4.69) is 13.8 Å². The molecular weight excluding hydrogens is 138 g/mol. The number of carbonyl (C=O) groups is 1. The zero-order chi connectivity index (χ0) is 8.69. The molecule has 2 heteroatoms. The van der Waals surface area contributed by atoms with Crippen molar-refractivity contribution in [3.8, 4) is 0 Å². The maximum absolute atomic E-state index is 11.2. The summed E-state index contributed by atoms with van der Waals surface area (Å²) in [5.74, 6) is 0.161. The van der Waals surface area contributed by atoms with Crippen molar-refractivity contribution in [1.82, 2.24) is 4.90 Å². The van der Waals surface area contributed by atoms with Gasteiger partial charge in [-0.1, -0.05) is 20.8 Å². The van der Waals surface area contributed by atoms with Gasteiger partial charge in [-0.05, 0) is 12.8 Å². The zero-order valence-electron chi connectivity index (χ0n) is 7.76. The highest BCUT2D eigenvalue weighted by molar-refractivity contribution is 5.84. The second-order valence-electron chi connectivity index (χ2n) is 2.61. The van der Waals surface area contributed by atoms with Crippen LogP contribution in [0.15, 0.2) is 0 Å². The van der Waals surface area contributed by atoms with Crippen molar-refractivity contribution in [1.29, 1.82) is 0 Å². The summed E-state index contributed by atoms with van der Waals surface area (Å²) in [4.78, 5) is 13.1. The van der Waals surface area contributed by atoms with Crippen LogP contribution in [0.1, 0.15) is 33.6 Å². The first-order valence-electron chi connectivity index (χ1n) is 4.34. The van der Waals surface area contributed by atoms with Gasteiger partial charge in [0, 0.05) is 19.5 Å². The fourth-order valence-electron chi connectivity index (χ4n) is 1.05. The summed E-state index contributed by atoms with van der Waals surface area (Å²) in [5.41, 5.74) is 0. The van der Waals surface area contributed by atoms with E-state index in [1.165, 1.54) is 0 Å². The number of hydrogen-bond acceptors (Lipinski definition) is 1. The lowest BCUT2D eigenvalue weighted by Gasteiger charge is -2.20. The van der Waals surface area contributed by atoms with Gasteiger partial charge in [0.05, 0.1) is 0 Å². The Kier molecular flexibility index (Phi) is 5.90. The van der Waals surface area contributed by atoms with Gasteiger partial charge in [-0.25, -0.2) is 0 Å². The van der Waals surface area contributed by atoms with Crippen LogP contribution in [-0.4, -0.2) is 23.9 Å². The van der Waals surface area contributed by atoms with Crippen LogP contribution in [0, 0.1) is 6.42 Å². The van der Waals surface area contributed by atoms with E-state index >= 15 is 0 Å². The Hall–Kier alpha value is -0.530. The first kappa shape index (κ1) is 10.5. The molecule has 0 aliphatic carbocycles. The van der Waals surface area contributed by atoms with Crippen LogP contribution in [0.4, 0.5) is 0 Å². The number of carbonyl (C=O) groups excluding carboxylic acids is 1. The molecule has 0 fully saturated rings. The lowest BCUT2D eigenvalue weighted by atomic mass is 10.3. The predicted molar refractivity (Wildman–Crippen MR) is 47.1 cm³/mol. The Morgan fingerprint density at radius 1 is 1.27 bits per heavy atom. The quantitative estimate of drug-likeness (QED) is 0.595. The molecule has 65 valence electrons. The van der Waals surface area contributed by atoms with Crippen molar-refractivity contribution in [2.45, 2.75) is 33.6 Å². The van der Waals surface area contributed by atoms with Crippen LogP contribution < -0.4 is 0 Å². The first-order valence-corrected chi connectivity index (χ1v) is 4.34. The van der Waals surface area contributed by atoms with Crippen LogP contribution in [0.2, 0.25) is 0 Å². The number of hydrogen-bond donors (Lipinski definition) is 0. The molecule has 0 saturated carbocycles. The number of nitrogens with zero attached hydrogens (tertiary/aromatic N) is 1. The molecule has 2 nitrogen and oxygen atoms in total. The monoisotopic (exact) mass is 156 g/mol. The fourth-order valence-corrected chi connectivity index (χ4v) is 1.05. The van der Waals surface area contributed by atoms with Gasteiger partial charge in [-0.2, -0.15) is 0 Å². The molecule has 0 atom stereocenters. The molecular formula is C9H18NO. The minimum Gasteiger partial charge on any atom is -0.342 e. The molecule has 0 aliphatic rings. The molecule has 0 heterocycles. The molecule has 0 spiro atoms. The predicted octanol–water partition coefficient (Wildman–Crippen LogP) is 1.86. The summed E-state index contributed by atoms with van der Waals surface area (Å²) in [5, 5.41) is 0. The molecule has 0 saturated heterocycles. The van der Waals surface area contributed by atoms with E-state index in [9.17, 15) is 4.79 Å². The third-order valence-corrected chi connectivity index (χ3v) is 1.55. The normalized spacial score (nSPS) is 9.73. The van der Waals surface area contributed by atoms with Gasteiger partial charge in [0.1, 0.15) is 0 Å². The highest BCUT2D eigenvalue weighted by Crippen LogP contribution is 1.96. The molecule has 0 N–H and O–H groups in total. The van der Waals surface area contributed by atoms with Gasteiger partial charge in [0.2, 0.25) is 5.91 Å². The van der Waals surface area contributed by atoms with Gasteiger partial charge >= 0.3 is 0 Å². The van der Waals surface area contributed by atoms with Crippen molar-refractivity contribution < 1.29 is 4.79 Å². The molecule has 1 amide bonds. The molecule has 11 heavy (non-hydrogen) atoms. The SMILES string of the molecule is C[CH]C(=O)N(CCC)CCC. The topological polar surface area (TPSA) is 20.3 Å². The maximum Gasteiger partial charge on any atom is 0.226 e. The smallest absolute Gasteiger partial charge is 0.226 e. The third kappa shape index (κ3) is 4.02. The summed E-state index contributed by atoms with van der Waals surface area (Å²) < 4.78 is 0. The Morgan fingerprint density at radius 3 is 2.00 bits per heavy atom. The average Bonchev–Trinajstić information content (AvgIpc) is 2.03. The summed E-state index contributed by atoms with van der Waals surface area (Å²) in [6.45, 7) is 7.74. The summed E-state index contributed by atoms with van der Waals surface area (Å²) in [7, 11) is 0. The van der Waals surface area contributed by atoms with Crippen molar-refractivity contribution in [2.75, 3.05) is 13.1 Å². The van der Waals surface area contributed by atoms with E-state index in [-0.39, 0.29) is 5.91 Å². The highest BCUT2D eigenvalue weighted by Gasteiger charge is 2.07. The molecule has 0 aromatic rings. The number of rotatable bonds is 5. The molecule has 0 rings (SSSR count). The molecule has 1 radical (unpaired) electrons. The van der Waals surface area contributed by atoms with Crippen molar-refractivity contribution in [3.63, 3.8) is 0 Å². The summed E-state index contributed by atoms with van der Waals surface area (Å²) in [6.07, 6.45) is 3.71. The van der Waals surface area contributed by atoms with E-state index in [4.69, 9.17) is 0 Å². The standard InChI is InChI=1S/C9H18NO/c1-4-7-10(8-5-2)9(11)6-3/h6H,4-5,7-8H2,1-3H3. The van der Waals surface area contributed by atoms with Crippen molar-refractivity contribution in [2.24, 2.45) is 0 Å². The lowest BCUT2D eigenvalue weighted by Crippen LogP contribution is -2.31. The maximum atomic E-state index is 11.2. The van der Waals surface area contributed by atoms with Gasteiger partial charge in [-0.3, -0.25) is 4.79 Å². The van der Waals surface area contributed by atoms with E-state index in [1.807, 2.05) is 4.90 Å². The van der Waals surface area contributed by atoms with Gasteiger partial charge < -0.3 is 4.90 Å². The summed E-state index contributed by atoms with van der Waals surface area (Å²) in [6, 6.07) is 0. The third-order valence-electron chi connectivity index (χ3n) is 1.55. The number of amides is 1. The highest BCUT2D eigenvalue weighted by atomic mass is 16.2. The van der Waals surface area contributed by atoms with Gasteiger partial charge in [0.25, 0.3) is 0 Å². The Morgan fingerprint density at radius 2 is 1.73 bits per heavy atom. The first-order chi connectivity index (χ1) is 5.26. The van der Waals surface area contributed by atoms with Crippen molar-refractivity contribution in [3.05, 3.63) is 6.42 Å². The lowest BCUT2D eigenvalue weighted by molar-refractivity contribution is -0.127. The summed E-state index contributed by atoms with van der Waals surface area (Å²) >= 11 is 0. The van der Waals surface area contributed by atoms with E-state index < -0.39 is 0 Å². The second-order valence-corrected chi connectivity index (χ2v) is 2.61. The van der Waals surface area contributed by atoms with Crippen LogP contribution in [-0.2, 0) is 4.79 Å². The Labute approximate surface area is 69.6 Å². The van der Waals surface area contributed by atoms with Crippen LogP contribution in [0.25, 0.3) is 0 Å². The Bertz CT molecular complexity index is 106. The van der Waals surface area contributed by atoms with Crippen LogP contribution in [0.5, 0.6) is 0 Å². The Balaban J connectivity index is 3.76. The fraction of sp³-hybridized carbons (Fsp3) is 0.778. The van der Waals surface area contributed by atoms with Gasteiger partial charge in [-0.15, -0.1) is 0 Å². The minimum atomic E-state index is 0.161. The molecule has 0 aromatic heterocycles. The second kappa shape index (κ2) is 6.20. The van der Waals surface area contributed by atoms with E-state index in [1.54, 1.807) is 13.3 Å². The van der Waals surface area contributed by atoms with E-state index in [0.29, 0.717) is 0 Å². The molecule has 0 bridgehead atoms. The molecule has 0 aromatic carbocycles. The average molecular weight is 156 g/mol. The van der Waals surface area contributed by atoms with E-state index in [0.717, 1.165) is 25.9 Å². The van der Waals surface area contributed by atoms with Crippen molar-refractivity contribution >= 4 is 5.91 Å². The van der Waals surface area contributed by atoms with Gasteiger partial charge in [0.15, 0.2) is 0 Å². The minimum absolute atomic E-state index is 0.161. The molecule has 0 aliphatic heterocycles. The van der Waals surface area contributed by atoms with Crippen LogP contribution >= 0.6 is 0 Å². The van der Waals surface area contributed by atoms with Crippen LogP contribution in [0.3, 0.4) is 0 Å². The zero-order valence-corrected chi connectivity index (χ0v) is 7.76. The largest absolute Gasteiger partial charge is 0.342 e.